The molecule has 0 aromatic heterocycles. The third-order valence-corrected chi connectivity index (χ3v) is 5.90. The summed E-state index contributed by atoms with van der Waals surface area (Å²) in [6, 6.07) is 3.35. The maximum Gasteiger partial charge on any atom is 0.241 e. The molecule has 6 heteroatoms. The van der Waals surface area contributed by atoms with E-state index < -0.39 is 10.0 Å². The van der Waals surface area contributed by atoms with Gasteiger partial charge in [0.25, 0.3) is 0 Å². The van der Waals surface area contributed by atoms with Crippen molar-refractivity contribution in [3.8, 4) is 0 Å². The molecule has 0 heterocycles. The molecule has 0 spiro atoms. The number of anilines is 1. The van der Waals surface area contributed by atoms with E-state index in [1.54, 1.807) is 19.1 Å². The molecule has 1 aliphatic carbocycles. The van der Waals surface area contributed by atoms with Crippen molar-refractivity contribution in [2.24, 2.45) is 5.92 Å². The SMILES string of the molecule is Cc1c(N)cc(Br)cc1S(=O)(=O)NC1CCCC1C. The molecule has 3 N–H and O–H groups in total. The number of nitrogens with two attached hydrogens (primary N) is 1. The molecule has 4 nitrogen and oxygen atoms in total. The summed E-state index contributed by atoms with van der Waals surface area (Å²) in [5, 5.41) is 0. The van der Waals surface area contributed by atoms with Gasteiger partial charge in [-0.15, -0.1) is 0 Å². The van der Waals surface area contributed by atoms with Gasteiger partial charge in [0.15, 0.2) is 0 Å². The lowest BCUT2D eigenvalue weighted by atomic mass is 10.1. The first kappa shape index (κ1) is 14.8. The molecular formula is C13H19BrN2O2S. The van der Waals surface area contributed by atoms with Gasteiger partial charge in [0.05, 0.1) is 4.90 Å². The first-order chi connectivity index (χ1) is 8.81. The molecule has 2 rings (SSSR count). The second-order valence-corrected chi connectivity index (χ2v) is 7.85. The van der Waals surface area contributed by atoms with Gasteiger partial charge in [-0.25, -0.2) is 13.1 Å². The van der Waals surface area contributed by atoms with Crippen molar-refractivity contribution in [1.29, 1.82) is 0 Å². The Morgan fingerprint density at radius 3 is 2.63 bits per heavy atom. The maximum absolute atomic E-state index is 12.5. The van der Waals surface area contributed by atoms with Gasteiger partial charge in [0.1, 0.15) is 0 Å². The Morgan fingerprint density at radius 2 is 2.05 bits per heavy atom. The minimum Gasteiger partial charge on any atom is -0.398 e. The Balaban J connectivity index is 2.34. The molecule has 0 bridgehead atoms. The molecule has 1 aromatic carbocycles. The van der Waals surface area contributed by atoms with Crippen LogP contribution >= 0.6 is 15.9 Å². The number of hydrogen-bond acceptors (Lipinski definition) is 3. The quantitative estimate of drug-likeness (QED) is 0.826. The second kappa shape index (κ2) is 5.42. The molecule has 1 saturated carbocycles. The smallest absolute Gasteiger partial charge is 0.241 e. The van der Waals surface area contributed by atoms with Gasteiger partial charge >= 0.3 is 0 Å². The fourth-order valence-electron chi connectivity index (χ4n) is 2.54. The van der Waals surface area contributed by atoms with Crippen LogP contribution < -0.4 is 10.5 Å². The van der Waals surface area contributed by atoms with Crippen LogP contribution in [0.5, 0.6) is 0 Å². The molecule has 19 heavy (non-hydrogen) atoms. The monoisotopic (exact) mass is 346 g/mol. The minimum absolute atomic E-state index is 0.0320. The molecule has 0 radical (unpaired) electrons. The number of sulfonamides is 1. The first-order valence-corrected chi connectivity index (χ1v) is 8.67. The molecule has 106 valence electrons. The standard InChI is InChI=1S/C13H19BrN2O2S/c1-8-4-3-5-12(8)16-19(17,18)13-7-10(14)6-11(15)9(13)2/h6-8,12,16H,3-5,15H2,1-2H3. The Hall–Kier alpha value is -0.590. The number of halogens is 1. The van der Waals surface area contributed by atoms with E-state index >= 15 is 0 Å². The number of rotatable bonds is 3. The Bertz CT molecular complexity index is 587. The minimum atomic E-state index is -3.51. The topological polar surface area (TPSA) is 72.2 Å². The van der Waals surface area contributed by atoms with Crippen molar-refractivity contribution in [2.75, 3.05) is 5.73 Å². The summed E-state index contributed by atoms with van der Waals surface area (Å²) in [7, 11) is -3.51. The average molecular weight is 347 g/mol. The van der Waals surface area contributed by atoms with E-state index in [9.17, 15) is 8.42 Å². The largest absolute Gasteiger partial charge is 0.398 e. The van der Waals surface area contributed by atoms with E-state index in [2.05, 4.69) is 27.6 Å². The second-order valence-electron chi connectivity index (χ2n) is 5.25. The summed E-state index contributed by atoms with van der Waals surface area (Å²) in [6.07, 6.45) is 3.06. The summed E-state index contributed by atoms with van der Waals surface area (Å²) in [5.74, 6) is 0.389. The lowest BCUT2D eigenvalue weighted by Gasteiger charge is -2.19. The van der Waals surface area contributed by atoms with Crippen LogP contribution in [0, 0.1) is 12.8 Å². The number of hydrogen-bond donors (Lipinski definition) is 2. The van der Waals surface area contributed by atoms with Crippen LogP contribution in [-0.2, 0) is 10.0 Å². The molecule has 1 aliphatic rings. The highest BCUT2D eigenvalue weighted by molar-refractivity contribution is 9.10. The van der Waals surface area contributed by atoms with E-state index in [1.165, 1.54) is 0 Å². The fraction of sp³-hybridized carbons (Fsp3) is 0.538. The van der Waals surface area contributed by atoms with Gasteiger partial charge in [-0.2, -0.15) is 0 Å². The molecule has 0 amide bonds. The van der Waals surface area contributed by atoms with Crippen molar-refractivity contribution in [3.05, 3.63) is 22.2 Å². The van der Waals surface area contributed by atoms with Crippen LogP contribution in [0.15, 0.2) is 21.5 Å². The average Bonchev–Trinajstić information content (AvgIpc) is 2.69. The first-order valence-electron chi connectivity index (χ1n) is 6.39. The zero-order valence-electron chi connectivity index (χ0n) is 11.1. The molecule has 0 saturated heterocycles. The predicted molar refractivity (Wildman–Crippen MR) is 80.4 cm³/mol. The number of nitrogen functional groups attached to an aromatic ring is 1. The summed E-state index contributed by atoms with van der Waals surface area (Å²) in [4.78, 5) is 0.262. The van der Waals surface area contributed by atoms with Crippen molar-refractivity contribution in [2.45, 2.75) is 44.0 Å². The van der Waals surface area contributed by atoms with Gasteiger partial charge in [0.2, 0.25) is 10.0 Å². The molecular weight excluding hydrogens is 328 g/mol. The summed E-state index contributed by atoms with van der Waals surface area (Å²) < 4.78 is 28.4. The van der Waals surface area contributed by atoms with Crippen LogP contribution in [0.4, 0.5) is 5.69 Å². The Kier molecular flexibility index (Phi) is 4.23. The number of benzene rings is 1. The van der Waals surface area contributed by atoms with Crippen LogP contribution in [0.25, 0.3) is 0 Å². The van der Waals surface area contributed by atoms with E-state index in [1.807, 2.05) is 0 Å². The van der Waals surface area contributed by atoms with E-state index in [4.69, 9.17) is 5.73 Å². The highest BCUT2D eigenvalue weighted by atomic mass is 79.9. The molecule has 1 aromatic rings. The van der Waals surface area contributed by atoms with E-state index in [0.717, 1.165) is 19.3 Å². The Morgan fingerprint density at radius 1 is 1.37 bits per heavy atom. The van der Waals surface area contributed by atoms with Crippen LogP contribution in [0.2, 0.25) is 0 Å². The summed E-state index contributed by atoms with van der Waals surface area (Å²) in [5.41, 5.74) is 6.91. The third kappa shape index (κ3) is 3.12. The summed E-state index contributed by atoms with van der Waals surface area (Å²) >= 11 is 3.29. The highest BCUT2D eigenvalue weighted by Crippen LogP contribution is 2.29. The molecule has 1 fully saturated rings. The van der Waals surface area contributed by atoms with E-state index in [-0.39, 0.29) is 10.9 Å². The van der Waals surface area contributed by atoms with Crippen LogP contribution in [0.3, 0.4) is 0 Å². The number of nitrogens with one attached hydrogen (secondary N) is 1. The lowest BCUT2D eigenvalue weighted by molar-refractivity contribution is 0.476. The normalized spacial score (nSPS) is 23.7. The van der Waals surface area contributed by atoms with Gasteiger partial charge in [-0.05, 0) is 43.4 Å². The van der Waals surface area contributed by atoms with Gasteiger partial charge in [-0.1, -0.05) is 29.3 Å². The summed E-state index contributed by atoms with van der Waals surface area (Å²) in [6.45, 7) is 3.82. The molecule has 2 unspecified atom stereocenters. The Labute approximate surface area is 122 Å². The highest BCUT2D eigenvalue weighted by Gasteiger charge is 2.29. The molecule has 0 aliphatic heterocycles. The maximum atomic E-state index is 12.5. The van der Waals surface area contributed by atoms with Crippen molar-refractivity contribution in [3.63, 3.8) is 0 Å². The fourth-order valence-corrected chi connectivity index (χ4v) is 4.84. The molecule has 2 atom stereocenters. The lowest BCUT2D eigenvalue weighted by Crippen LogP contribution is -2.36. The van der Waals surface area contributed by atoms with Gasteiger partial charge in [0, 0.05) is 16.2 Å². The van der Waals surface area contributed by atoms with E-state index in [0.29, 0.717) is 21.6 Å². The predicted octanol–water partition coefficient (Wildman–Crippen LogP) is 2.81. The zero-order chi connectivity index (χ0) is 14.2. The van der Waals surface area contributed by atoms with Crippen molar-refractivity contribution in [1.82, 2.24) is 4.72 Å². The van der Waals surface area contributed by atoms with Gasteiger partial charge < -0.3 is 5.73 Å². The van der Waals surface area contributed by atoms with Crippen LogP contribution in [0.1, 0.15) is 31.7 Å². The van der Waals surface area contributed by atoms with Crippen molar-refractivity contribution >= 4 is 31.6 Å². The van der Waals surface area contributed by atoms with Crippen molar-refractivity contribution < 1.29 is 8.42 Å². The van der Waals surface area contributed by atoms with Gasteiger partial charge in [-0.3, -0.25) is 0 Å². The zero-order valence-corrected chi connectivity index (χ0v) is 13.5. The van der Waals surface area contributed by atoms with Crippen LogP contribution in [-0.4, -0.2) is 14.5 Å². The third-order valence-electron chi connectivity index (χ3n) is 3.82.